The first-order valence-corrected chi connectivity index (χ1v) is 13.7. The van der Waals surface area contributed by atoms with Crippen LogP contribution < -0.4 is 9.13 Å². The maximum atomic E-state index is 2.40. The maximum absolute atomic E-state index is 2.40. The molecule has 0 unspecified atom stereocenters. The molecule has 0 atom stereocenters. The minimum Gasteiger partial charge on any atom is -0.205 e. The van der Waals surface area contributed by atoms with E-state index in [-0.39, 0.29) is 0 Å². The van der Waals surface area contributed by atoms with Gasteiger partial charge in [0.25, 0.3) is 0 Å². The topological polar surface area (TPSA) is 7.76 Å². The Bertz CT molecular complexity index is 836. The minimum absolute atomic E-state index is 1.09. The average molecular weight is 447 g/mol. The van der Waals surface area contributed by atoms with Crippen molar-refractivity contribution in [1.29, 1.82) is 0 Å². The molecule has 178 valence electrons. The van der Waals surface area contributed by atoms with Crippen LogP contribution in [-0.4, -0.2) is 0 Å². The van der Waals surface area contributed by atoms with E-state index in [2.05, 4.69) is 82.5 Å². The summed E-state index contributed by atoms with van der Waals surface area (Å²) in [5.74, 6) is 0. The summed E-state index contributed by atoms with van der Waals surface area (Å²) in [6, 6.07) is 9.02. The van der Waals surface area contributed by atoms with Gasteiger partial charge in [0.05, 0.1) is 0 Å². The van der Waals surface area contributed by atoms with Gasteiger partial charge in [-0.25, -0.2) is 9.13 Å². The number of aromatic nitrogens is 2. The zero-order valence-electron chi connectivity index (χ0n) is 20.8. The Hall–Kier alpha value is -2.22. The first-order chi connectivity index (χ1) is 16.4. The molecule has 0 radical (unpaired) electrons. The van der Waals surface area contributed by atoms with Gasteiger partial charge in [0.2, 0.25) is 0 Å². The molecule has 2 aromatic heterocycles. The molecule has 0 fully saturated rings. The highest BCUT2D eigenvalue weighted by molar-refractivity contribution is 5.06. The standard InChI is InChI=1S/C31H46N2/c1-2-4-8-12-16-24-32-26-19-23-31(29-32)21-15-11-7-5-9-13-17-25-33-27-18-22-30(28-33)20-14-10-6-3-1/h8-9,12-13,18-19,22-23,26-29H,1-7,10-11,14-17,20-21,24-25H2/q+2/b12-8-,13-9-. The number of allylic oxidation sites excluding steroid dienone is 4. The van der Waals surface area contributed by atoms with Gasteiger partial charge in [-0.05, 0) is 63.5 Å². The van der Waals surface area contributed by atoms with E-state index in [0.717, 1.165) is 25.9 Å². The van der Waals surface area contributed by atoms with Crippen LogP contribution in [0.1, 0.15) is 94.6 Å². The predicted molar refractivity (Wildman–Crippen MR) is 139 cm³/mol. The van der Waals surface area contributed by atoms with E-state index in [0.29, 0.717) is 0 Å². The average Bonchev–Trinajstić information content (AvgIpc) is 2.84. The Morgan fingerprint density at radius 2 is 0.879 bits per heavy atom. The van der Waals surface area contributed by atoms with Crippen molar-refractivity contribution >= 4 is 0 Å². The smallest absolute Gasteiger partial charge is 0.171 e. The predicted octanol–water partition coefficient (Wildman–Crippen LogP) is 7.24. The zero-order valence-corrected chi connectivity index (χ0v) is 20.8. The van der Waals surface area contributed by atoms with Crippen molar-refractivity contribution in [3.8, 4) is 0 Å². The Morgan fingerprint density at radius 3 is 1.42 bits per heavy atom. The summed E-state index contributed by atoms with van der Waals surface area (Å²) >= 11 is 0. The van der Waals surface area contributed by atoms with E-state index in [1.54, 1.807) is 0 Å². The maximum Gasteiger partial charge on any atom is 0.171 e. The van der Waals surface area contributed by atoms with Gasteiger partial charge < -0.3 is 0 Å². The van der Waals surface area contributed by atoms with Crippen LogP contribution >= 0.6 is 0 Å². The van der Waals surface area contributed by atoms with E-state index in [4.69, 9.17) is 0 Å². The van der Waals surface area contributed by atoms with E-state index in [1.165, 1.54) is 94.6 Å². The molecule has 2 nitrogen and oxygen atoms in total. The highest BCUT2D eigenvalue weighted by Gasteiger charge is 2.03. The van der Waals surface area contributed by atoms with Crippen LogP contribution in [0.3, 0.4) is 0 Å². The molecule has 2 heteroatoms. The number of pyridine rings is 2. The lowest BCUT2D eigenvalue weighted by Crippen LogP contribution is -2.32. The number of hydrogen-bond acceptors (Lipinski definition) is 0. The van der Waals surface area contributed by atoms with Gasteiger partial charge in [0.1, 0.15) is 0 Å². The number of nitrogens with zero attached hydrogens (tertiary/aromatic N) is 2. The van der Waals surface area contributed by atoms with E-state index in [1.807, 2.05) is 0 Å². The van der Waals surface area contributed by atoms with Crippen molar-refractivity contribution < 1.29 is 9.13 Å². The van der Waals surface area contributed by atoms with Crippen LogP contribution in [0.25, 0.3) is 0 Å². The Morgan fingerprint density at radius 1 is 0.455 bits per heavy atom. The summed E-state index contributed by atoms with van der Waals surface area (Å²) in [6.45, 7) is 2.18. The van der Waals surface area contributed by atoms with Crippen molar-refractivity contribution in [2.45, 2.75) is 109 Å². The fourth-order valence-corrected chi connectivity index (χ4v) is 4.71. The van der Waals surface area contributed by atoms with Gasteiger partial charge in [0, 0.05) is 36.1 Å². The van der Waals surface area contributed by atoms with Crippen LogP contribution in [0, 0.1) is 0 Å². The van der Waals surface area contributed by atoms with Gasteiger partial charge in [-0.2, -0.15) is 0 Å². The minimum atomic E-state index is 1.09. The van der Waals surface area contributed by atoms with Crippen molar-refractivity contribution in [2.75, 3.05) is 0 Å². The third-order valence-electron chi connectivity index (χ3n) is 6.70. The number of fused-ring (bicyclic) bond motifs is 4. The molecular weight excluding hydrogens is 400 g/mol. The van der Waals surface area contributed by atoms with E-state index < -0.39 is 0 Å². The second kappa shape index (κ2) is 16.4. The Labute approximate surface area is 203 Å². The van der Waals surface area contributed by atoms with Crippen LogP contribution in [0.5, 0.6) is 0 Å². The summed E-state index contributed by atoms with van der Waals surface area (Å²) in [5, 5.41) is 0. The van der Waals surface area contributed by atoms with Gasteiger partial charge >= 0.3 is 0 Å². The molecule has 33 heavy (non-hydrogen) atoms. The normalized spacial score (nSPS) is 20.4. The lowest BCUT2D eigenvalue weighted by atomic mass is 10.1. The summed E-state index contributed by atoms with van der Waals surface area (Å²) in [7, 11) is 0. The molecule has 0 spiro atoms. The monoisotopic (exact) mass is 446 g/mol. The summed E-state index contributed by atoms with van der Waals surface area (Å²) in [5.41, 5.74) is 2.97. The molecule has 0 amide bonds. The largest absolute Gasteiger partial charge is 0.205 e. The number of hydrogen-bond donors (Lipinski definition) is 0. The lowest BCUT2D eigenvalue weighted by Gasteiger charge is -2.02. The SMILES string of the molecule is C1=C\CC[n+]2cccc(c2)CCCCC/C=C\CC[n+]2cccc(c2)CCCCCCCC/1. The van der Waals surface area contributed by atoms with Crippen molar-refractivity contribution in [1.82, 2.24) is 0 Å². The van der Waals surface area contributed by atoms with Gasteiger partial charge in [-0.1, -0.05) is 56.4 Å². The molecule has 1 aliphatic rings. The molecule has 0 N–H and O–H groups in total. The second-order valence-corrected chi connectivity index (χ2v) is 9.68. The van der Waals surface area contributed by atoms with Crippen LogP contribution in [0.15, 0.2) is 73.4 Å². The van der Waals surface area contributed by atoms with Crippen molar-refractivity contribution in [2.24, 2.45) is 0 Å². The zero-order chi connectivity index (χ0) is 22.8. The Kier molecular flexibility index (Phi) is 12.6. The van der Waals surface area contributed by atoms with Crippen LogP contribution in [-0.2, 0) is 25.9 Å². The molecule has 1 aliphatic heterocycles. The quantitative estimate of drug-likeness (QED) is 0.297. The summed E-state index contributed by atoms with van der Waals surface area (Å²) < 4.78 is 4.73. The lowest BCUT2D eigenvalue weighted by molar-refractivity contribution is -0.696. The van der Waals surface area contributed by atoms with Gasteiger partial charge in [-0.15, -0.1) is 0 Å². The van der Waals surface area contributed by atoms with Gasteiger partial charge in [0.15, 0.2) is 37.9 Å². The summed E-state index contributed by atoms with van der Waals surface area (Å²) in [4.78, 5) is 0. The third kappa shape index (κ3) is 11.5. The fraction of sp³-hybridized carbons (Fsp3) is 0.548. The van der Waals surface area contributed by atoms with Crippen LogP contribution in [0.4, 0.5) is 0 Å². The van der Waals surface area contributed by atoms with Crippen molar-refractivity contribution in [3.05, 3.63) is 84.5 Å². The first-order valence-electron chi connectivity index (χ1n) is 13.7. The summed E-state index contributed by atoms with van der Waals surface area (Å²) in [6.07, 6.45) is 37.9. The fourth-order valence-electron chi connectivity index (χ4n) is 4.71. The molecule has 0 saturated carbocycles. The number of rotatable bonds is 0. The van der Waals surface area contributed by atoms with E-state index >= 15 is 0 Å². The second-order valence-electron chi connectivity index (χ2n) is 9.68. The molecule has 3 heterocycles. The molecule has 0 aliphatic carbocycles. The highest BCUT2D eigenvalue weighted by atomic mass is 14.9. The molecule has 2 aromatic rings. The molecular formula is C31H46N2+2. The third-order valence-corrected chi connectivity index (χ3v) is 6.70. The Balaban J connectivity index is 1.46. The van der Waals surface area contributed by atoms with E-state index in [9.17, 15) is 0 Å². The number of aryl methyl sites for hydroxylation is 4. The first kappa shape index (κ1) is 25.4. The van der Waals surface area contributed by atoms with Crippen LogP contribution in [0.2, 0.25) is 0 Å². The molecule has 0 saturated heterocycles. The van der Waals surface area contributed by atoms with Gasteiger partial charge in [-0.3, -0.25) is 0 Å². The molecule has 3 rings (SSSR count). The molecule has 4 bridgehead atoms. The highest BCUT2D eigenvalue weighted by Crippen LogP contribution is 2.11. The molecule has 0 aromatic carbocycles. The van der Waals surface area contributed by atoms with Crippen molar-refractivity contribution in [3.63, 3.8) is 0 Å².